The van der Waals surface area contributed by atoms with Gasteiger partial charge in [0.25, 0.3) is 15.1 Å². The average Bonchev–Trinajstić information content (AvgIpc) is 3.11. The highest BCUT2D eigenvalue weighted by molar-refractivity contribution is 9.10. The second kappa shape index (κ2) is 8.41. The Morgan fingerprint density at radius 1 is 1.10 bits per heavy atom. The molecule has 1 aromatic heterocycles. The van der Waals surface area contributed by atoms with E-state index in [2.05, 4.69) is 31.9 Å². The van der Waals surface area contributed by atoms with Gasteiger partial charge in [0.05, 0.1) is 16.8 Å². The molecule has 4 rings (SSSR count). The number of anilines is 1. The average molecular weight is 628 g/mol. The molecule has 0 saturated carbocycles. The SMILES string of the molecule is O=S(=O)([O-])C[n+]1c(C=C2Sc3ccc(Br)cc3N2CS(=O)(=O)O)sc2ccc(Br)cc21. The van der Waals surface area contributed by atoms with Crippen LogP contribution >= 0.6 is 55.0 Å². The van der Waals surface area contributed by atoms with E-state index < -0.39 is 32.0 Å². The van der Waals surface area contributed by atoms with Gasteiger partial charge in [-0.15, -0.1) is 0 Å². The molecule has 0 aliphatic carbocycles. The van der Waals surface area contributed by atoms with Gasteiger partial charge in [-0.2, -0.15) is 13.0 Å². The van der Waals surface area contributed by atoms with Crippen LogP contribution in [0.25, 0.3) is 16.3 Å². The zero-order chi connectivity index (χ0) is 22.6. The lowest BCUT2D eigenvalue weighted by Crippen LogP contribution is -2.39. The van der Waals surface area contributed by atoms with Gasteiger partial charge in [-0.3, -0.25) is 4.55 Å². The number of benzene rings is 2. The van der Waals surface area contributed by atoms with E-state index >= 15 is 0 Å². The summed E-state index contributed by atoms with van der Waals surface area (Å²) in [5.74, 6) is -1.45. The molecule has 0 saturated heterocycles. The molecule has 1 aliphatic heterocycles. The van der Waals surface area contributed by atoms with Gasteiger partial charge in [0.15, 0.2) is 16.0 Å². The summed E-state index contributed by atoms with van der Waals surface area (Å²) in [5, 5.41) is 0.913. The standard InChI is InChI=1S/C17H12Br2N2O6S4/c18-10-1-3-14-12(5-10)20(8-30(22,23)24)16(28-14)7-17-21(9-31(25,26)27)13-6-11(19)2-4-15(13)29-17/h1-7H,8-9H2,(H-,22,23,24,25,26,27). The maximum absolute atomic E-state index is 11.7. The quantitative estimate of drug-likeness (QED) is 0.333. The lowest BCUT2D eigenvalue weighted by atomic mass is 10.3. The minimum atomic E-state index is -4.60. The summed E-state index contributed by atoms with van der Waals surface area (Å²) in [6.45, 7) is 0. The summed E-state index contributed by atoms with van der Waals surface area (Å²) in [5.41, 5.74) is 1.13. The number of thiazole rings is 1. The van der Waals surface area contributed by atoms with Crippen LogP contribution in [0.5, 0.6) is 0 Å². The third kappa shape index (κ3) is 5.33. The molecule has 14 heteroatoms. The van der Waals surface area contributed by atoms with E-state index in [0.29, 0.717) is 21.2 Å². The van der Waals surface area contributed by atoms with Gasteiger partial charge in [0.2, 0.25) is 11.4 Å². The summed E-state index contributed by atoms with van der Waals surface area (Å²) in [4.78, 5) is 2.20. The van der Waals surface area contributed by atoms with Crippen molar-refractivity contribution in [3.05, 3.63) is 55.4 Å². The van der Waals surface area contributed by atoms with Crippen LogP contribution in [0.3, 0.4) is 0 Å². The zero-order valence-electron chi connectivity index (χ0n) is 15.2. The molecule has 8 nitrogen and oxygen atoms in total. The molecule has 0 fully saturated rings. The molecule has 1 N–H and O–H groups in total. The number of hydrogen-bond donors (Lipinski definition) is 1. The Kier molecular flexibility index (Phi) is 6.28. The predicted molar refractivity (Wildman–Crippen MR) is 126 cm³/mol. The van der Waals surface area contributed by atoms with Crippen LogP contribution in [0.1, 0.15) is 5.01 Å². The second-order valence-corrected chi connectivity index (χ2v) is 13.3. The molecule has 0 amide bonds. The Morgan fingerprint density at radius 3 is 2.45 bits per heavy atom. The van der Waals surface area contributed by atoms with Crippen LogP contribution in [0.15, 0.2) is 55.3 Å². The van der Waals surface area contributed by atoms with E-state index in [-0.39, 0.29) is 0 Å². The largest absolute Gasteiger partial charge is 0.743 e. The van der Waals surface area contributed by atoms with Crippen molar-refractivity contribution < 1.29 is 30.5 Å². The Bertz CT molecular complexity index is 1450. The molecule has 0 unspecified atom stereocenters. The van der Waals surface area contributed by atoms with Crippen molar-refractivity contribution in [2.24, 2.45) is 0 Å². The molecule has 31 heavy (non-hydrogen) atoms. The number of hydrogen-bond acceptors (Lipinski definition) is 8. The highest BCUT2D eigenvalue weighted by Gasteiger charge is 2.31. The monoisotopic (exact) mass is 626 g/mol. The molecule has 2 aromatic carbocycles. The number of halogens is 2. The number of rotatable bonds is 5. The molecule has 1 aliphatic rings. The van der Waals surface area contributed by atoms with Gasteiger partial charge in [-0.25, -0.2) is 8.42 Å². The number of nitrogens with zero attached hydrogens (tertiary/aromatic N) is 2. The summed E-state index contributed by atoms with van der Waals surface area (Å²) in [6, 6.07) is 10.6. The summed E-state index contributed by atoms with van der Waals surface area (Å²) in [7, 11) is -8.95. The fraction of sp³-hybridized carbons (Fsp3) is 0.118. The number of fused-ring (bicyclic) bond motifs is 2. The second-order valence-electron chi connectivity index (χ2n) is 6.50. The maximum atomic E-state index is 11.7. The van der Waals surface area contributed by atoms with E-state index in [0.717, 1.165) is 18.5 Å². The Balaban J connectivity index is 1.89. The molecule has 0 bridgehead atoms. The third-order valence-corrected chi connectivity index (χ3v) is 8.58. The summed E-state index contributed by atoms with van der Waals surface area (Å²) >= 11 is 9.25. The van der Waals surface area contributed by atoms with Crippen LogP contribution in [-0.4, -0.2) is 31.8 Å². The molecular weight excluding hydrogens is 616 g/mol. The molecule has 3 aromatic rings. The fourth-order valence-corrected chi connectivity index (χ4v) is 7.35. The highest BCUT2D eigenvalue weighted by atomic mass is 79.9. The van der Waals surface area contributed by atoms with Crippen molar-refractivity contribution in [3.63, 3.8) is 0 Å². The smallest absolute Gasteiger partial charge is 0.283 e. The molecule has 0 spiro atoms. The summed E-state index contributed by atoms with van der Waals surface area (Å²) in [6.07, 6.45) is 1.62. The Labute approximate surface area is 203 Å². The highest BCUT2D eigenvalue weighted by Crippen LogP contribution is 2.48. The van der Waals surface area contributed by atoms with E-state index in [1.807, 2.05) is 6.07 Å². The minimum absolute atomic E-state index is 0.447. The van der Waals surface area contributed by atoms with Crippen molar-refractivity contribution >= 4 is 97.2 Å². The fourth-order valence-electron chi connectivity index (χ4n) is 3.06. The van der Waals surface area contributed by atoms with Crippen molar-refractivity contribution in [2.75, 3.05) is 10.8 Å². The van der Waals surface area contributed by atoms with Gasteiger partial charge >= 0.3 is 0 Å². The third-order valence-electron chi connectivity index (χ3n) is 4.21. The molecular formula is C17H12Br2N2O6S4. The molecule has 2 heterocycles. The van der Waals surface area contributed by atoms with Gasteiger partial charge < -0.3 is 9.45 Å². The minimum Gasteiger partial charge on any atom is -0.743 e. The molecule has 0 radical (unpaired) electrons. The van der Waals surface area contributed by atoms with E-state index in [1.165, 1.54) is 32.6 Å². The first kappa shape index (κ1) is 23.2. The van der Waals surface area contributed by atoms with Gasteiger partial charge in [0, 0.05) is 19.9 Å². The van der Waals surface area contributed by atoms with Crippen LogP contribution in [-0.2, 0) is 26.1 Å². The van der Waals surface area contributed by atoms with Crippen molar-refractivity contribution in [1.82, 2.24) is 0 Å². The maximum Gasteiger partial charge on any atom is 0.283 e. The van der Waals surface area contributed by atoms with E-state index in [1.54, 1.807) is 36.4 Å². The van der Waals surface area contributed by atoms with Gasteiger partial charge in [-0.1, -0.05) is 55.0 Å². The predicted octanol–water partition coefficient (Wildman–Crippen LogP) is 3.97. The van der Waals surface area contributed by atoms with Crippen LogP contribution in [0, 0.1) is 0 Å². The topological polar surface area (TPSA) is 119 Å². The zero-order valence-corrected chi connectivity index (χ0v) is 21.7. The number of thioether (sulfide) groups is 1. The molecule has 164 valence electrons. The Hall–Kier alpha value is -1.00. The van der Waals surface area contributed by atoms with Gasteiger partial charge in [0.1, 0.15) is 4.70 Å². The first-order valence-electron chi connectivity index (χ1n) is 8.37. The van der Waals surface area contributed by atoms with Crippen molar-refractivity contribution in [1.29, 1.82) is 0 Å². The molecule has 0 atom stereocenters. The lowest BCUT2D eigenvalue weighted by molar-refractivity contribution is -0.649. The normalized spacial score (nSPS) is 15.7. The van der Waals surface area contributed by atoms with Gasteiger partial charge in [-0.05, 0) is 30.3 Å². The Morgan fingerprint density at radius 2 is 1.77 bits per heavy atom. The first-order valence-corrected chi connectivity index (χ1v) is 14.8. The summed E-state index contributed by atoms with van der Waals surface area (Å²) < 4.78 is 71.0. The number of aromatic nitrogens is 1. The first-order chi connectivity index (χ1) is 14.4. The lowest BCUT2D eigenvalue weighted by Gasteiger charge is -2.18. The van der Waals surface area contributed by atoms with E-state index in [4.69, 9.17) is 0 Å². The van der Waals surface area contributed by atoms with Crippen LogP contribution < -0.4 is 9.47 Å². The van der Waals surface area contributed by atoms with Crippen molar-refractivity contribution in [2.45, 2.75) is 10.8 Å². The van der Waals surface area contributed by atoms with Crippen molar-refractivity contribution in [3.8, 4) is 0 Å². The van der Waals surface area contributed by atoms with Crippen LogP contribution in [0.4, 0.5) is 5.69 Å². The van der Waals surface area contributed by atoms with E-state index in [9.17, 15) is 25.9 Å². The van der Waals surface area contributed by atoms with Crippen LogP contribution in [0.2, 0.25) is 0 Å².